The van der Waals surface area contributed by atoms with Crippen molar-refractivity contribution >= 4 is 40.7 Å². The normalized spacial score (nSPS) is 10.9. The number of amides is 1. The van der Waals surface area contributed by atoms with E-state index in [-0.39, 0.29) is 16.9 Å². The van der Waals surface area contributed by atoms with Gasteiger partial charge in [0.05, 0.1) is 21.0 Å². The van der Waals surface area contributed by atoms with Crippen molar-refractivity contribution in [1.29, 1.82) is 0 Å². The first kappa shape index (κ1) is 18.6. The number of halogens is 1. The number of carboxylic acid groups (broad SMARTS) is 1. The Hall–Kier alpha value is -3.14. The number of nitrogens with one attached hydrogen (secondary N) is 1. The van der Waals surface area contributed by atoms with E-state index in [0.717, 1.165) is 0 Å². The highest BCUT2D eigenvalue weighted by Gasteiger charge is 2.08. The molecule has 0 aliphatic rings. The lowest BCUT2D eigenvalue weighted by Gasteiger charge is -2.07. The van der Waals surface area contributed by atoms with E-state index >= 15 is 0 Å². The molecule has 0 spiro atoms. The van der Waals surface area contributed by atoms with Gasteiger partial charge in [-0.25, -0.2) is 10.2 Å². The molecule has 0 aliphatic carbocycles. The van der Waals surface area contributed by atoms with Gasteiger partial charge < -0.3 is 14.8 Å². The summed E-state index contributed by atoms with van der Waals surface area (Å²) in [5.74, 6) is -1.43. The minimum Gasteiger partial charge on any atom is -0.507 e. The van der Waals surface area contributed by atoms with Gasteiger partial charge in [0.25, 0.3) is 5.91 Å². The van der Waals surface area contributed by atoms with Crippen LogP contribution in [0.25, 0.3) is 5.69 Å². The molecule has 0 saturated carbocycles. The molecule has 0 unspecified atom stereocenters. The lowest BCUT2D eigenvalue weighted by molar-refractivity contribution is 0.0696. The van der Waals surface area contributed by atoms with Gasteiger partial charge in [-0.05, 0) is 71.1 Å². The van der Waals surface area contributed by atoms with Crippen LogP contribution in [0.3, 0.4) is 0 Å². The molecule has 0 bridgehead atoms. The quantitative estimate of drug-likeness (QED) is 0.300. The van der Waals surface area contributed by atoms with Gasteiger partial charge in [0, 0.05) is 17.4 Å². The Morgan fingerprint density at radius 2 is 1.89 bits per heavy atom. The predicted octanol–water partition coefficient (Wildman–Crippen LogP) is 3.25. The first-order valence-electron chi connectivity index (χ1n) is 7.79. The molecule has 27 heavy (non-hydrogen) atoms. The van der Waals surface area contributed by atoms with E-state index in [1.54, 1.807) is 53.2 Å². The van der Waals surface area contributed by atoms with Crippen LogP contribution >= 0.6 is 22.6 Å². The molecule has 0 saturated heterocycles. The second-order valence-corrected chi connectivity index (χ2v) is 6.69. The van der Waals surface area contributed by atoms with Crippen molar-refractivity contribution in [2.75, 3.05) is 0 Å². The van der Waals surface area contributed by atoms with Crippen molar-refractivity contribution < 1.29 is 19.8 Å². The second-order valence-electron chi connectivity index (χ2n) is 5.52. The summed E-state index contributed by atoms with van der Waals surface area (Å²) in [6.45, 7) is 0. The molecule has 0 atom stereocenters. The molecular formula is C19H14IN3O4. The Kier molecular flexibility index (Phi) is 5.55. The molecule has 3 N–H and O–H groups in total. The van der Waals surface area contributed by atoms with Crippen LogP contribution in [0.15, 0.2) is 65.9 Å². The molecule has 136 valence electrons. The SMILES string of the molecule is O=C(O)c1cccc(-n2cccc2/C=N\NC(=O)c2ccc(I)c(O)c2)c1. The highest BCUT2D eigenvalue weighted by Crippen LogP contribution is 2.20. The lowest BCUT2D eigenvalue weighted by atomic mass is 10.2. The fraction of sp³-hybridized carbons (Fsp3) is 0. The van der Waals surface area contributed by atoms with Crippen molar-refractivity contribution in [3.8, 4) is 11.4 Å². The first-order valence-corrected chi connectivity index (χ1v) is 8.86. The number of aromatic hydroxyl groups is 1. The second kappa shape index (κ2) is 8.04. The zero-order valence-corrected chi connectivity index (χ0v) is 16.0. The average Bonchev–Trinajstić information content (AvgIpc) is 3.12. The van der Waals surface area contributed by atoms with Gasteiger partial charge in [-0.3, -0.25) is 4.79 Å². The number of carboxylic acids is 1. The molecule has 3 aromatic rings. The smallest absolute Gasteiger partial charge is 0.335 e. The Balaban J connectivity index is 1.76. The number of phenolic OH excluding ortho intramolecular Hbond substituents is 1. The van der Waals surface area contributed by atoms with Crippen LogP contribution in [0.1, 0.15) is 26.4 Å². The molecule has 8 heteroatoms. The molecule has 2 aromatic carbocycles. The summed E-state index contributed by atoms with van der Waals surface area (Å²) in [5, 5.41) is 22.7. The third-order valence-electron chi connectivity index (χ3n) is 3.72. The highest BCUT2D eigenvalue weighted by atomic mass is 127. The minimum atomic E-state index is -1.01. The average molecular weight is 475 g/mol. The maximum absolute atomic E-state index is 12.1. The van der Waals surface area contributed by atoms with Gasteiger partial charge >= 0.3 is 5.97 Å². The number of benzene rings is 2. The standard InChI is InChI=1S/C19H14IN3O4/c20-16-7-6-12(10-17(16)24)18(25)22-21-11-15-5-2-8-23(15)14-4-1-3-13(9-14)19(26)27/h1-11,24H,(H,22,25)(H,26,27)/b21-11-. The van der Waals surface area contributed by atoms with E-state index in [1.165, 1.54) is 18.3 Å². The van der Waals surface area contributed by atoms with E-state index in [0.29, 0.717) is 15.0 Å². The van der Waals surface area contributed by atoms with Crippen LogP contribution in [0.4, 0.5) is 0 Å². The lowest BCUT2D eigenvalue weighted by Crippen LogP contribution is -2.17. The van der Waals surface area contributed by atoms with Gasteiger partial charge in [-0.2, -0.15) is 5.10 Å². The summed E-state index contributed by atoms with van der Waals surface area (Å²) in [7, 11) is 0. The summed E-state index contributed by atoms with van der Waals surface area (Å²) < 4.78 is 2.40. The van der Waals surface area contributed by atoms with E-state index in [4.69, 9.17) is 5.11 Å². The predicted molar refractivity (Wildman–Crippen MR) is 109 cm³/mol. The topological polar surface area (TPSA) is 104 Å². The zero-order chi connectivity index (χ0) is 19.4. The summed E-state index contributed by atoms with van der Waals surface area (Å²) in [5.41, 5.74) is 4.18. The number of hydrazone groups is 1. The Bertz CT molecular complexity index is 1040. The van der Waals surface area contributed by atoms with Gasteiger partial charge in [0.15, 0.2) is 0 Å². The third-order valence-corrected chi connectivity index (χ3v) is 4.64. The number of nitrogens with zero attached hydrogens (tertiary/aromatic N) is 2. The number of carbonyl (C=O) groups excluding carboxylic acids is 1. The molecule has 7 nitrogen and oxygen atoms in total. The Morgan fingerprint density at radius 1 is 1.07 bits per heavy atom. The monoisotopic (exact) mass is 475 g/mol. The largest absolute Gasteiger partial charge is 0.507 e. The molecule has 1 heterocycles. The maximum atomic E-state index is 12.1. The van der Waals surface area contributed by atoms with Gasteiger partial charge in [-0.1, -0.05) is 6.07 Å². The fourth-order valence-electron chi connectivity index (χ4n) is 2.40. The Morgan fingerprint density at radius 3 is 2.63 bits per heavy atom. The number of phenols is 1. The molecule has 0 aliphatic heterocycles. The number of carbonyl (C=O) groups is 2. The molecule has 1 amide bonds. The van der Waals surface area contributed by atoms with E-state index in [1.807, 2.05) is 22.6 Å². The molecule has 0 radical (unpaired) electrons. The fourth-order valence-corrected chi connectivity index (χ4v) is 2.73. The summed E-state index contributed by atoms with van der Waals surface area (Å²) in [6, 6.07) is 14.6. The third kappa shape index (κ3) is 4.34. The van der Waals surface area contributed by atoms with Gasteiger partial charge in [0.2, 0.25) is 0 Å². The summed E-state index contributed by atoms with van der Waals surface area (Å²) in [6.07, 6.45) is 3.22. The van der Waals surface area contributed by atoms with Crippen molar-refractivity contribution in [3.05, 3.63) is 81.2 Å². The molecule has 3 rings (SSSR count). The van der Waals surface area contributed by atoms with Crippen LogP contribution in [-0.2, 0) is 0 Å². The molecule has 0 fully saturated rings. The van der Waals surface area contributed by atoms with Crippen molar-refractivity contribution in [3.63, 3.8) is 0 Å². The maximum Gasteiger partial charge on any atom is 0.335 e. The number of aromatic nitrogens is 1. The zero-order valence-electron chi connectivity index (χ0n) is 13.8. The number of hydrogen-bond acceptors (Lipinski definition) is 4. The van der Waals surface area contributed by atoms with Crippen LogP contribution in [0, 0.1) is 3.57 Å². The van der Waals surface area contributed by atoms with Gasteiger partial charge in [-0.15, -0.1) is 0 Å². The summed E-state index contributed by atoms with van der Waals surface area (Å²) >= 11 is 1.96. The molecule has 1 aromatic heterocycles. The van der Waals surface area contributed by atoms with Crippen LogP contribution < -0.4 is 5.43 Å². The molecular weight excluding hydrogens is 461 g/mol. The first-order chi connectivity index (χ1) is 13.0. The van der Waals surface area contributed by atoms with Crippen molar-refractivity contribution in [2.45, 2.75) is 0 Å². The number of rotatable bonds is 5. The van der Waals surface area contributed by atoms with Crippen LogP contribution in [-0.4, -0.2) is 32.9 Å². The van der Waals surface area contributed by atoms with Crippen molar-refractivity contribution in [1.82, 2.24) is 9.99 Å². The van der Waals surface area contributed by atoms with Crippen LogP contribution in [0.5, 0.6) is 5.75 Å². The van der Waals surface area contributed by atoms with Gasteiger partial charge in [0.1, 0.15) is 5.75 Å². The van der Waals surface area contributed by atoms with Crippen LogP contribution in [0.2, 0.25) is 0 Å². The highest BCUT2D eigenvalue weighted by molar-refractivity contribution is 14.1. The Labute approximate surface area is 168 Å². The number of aromatic carboxylic acids is 1. The number of hydrogen-bond donors (Lipinski definition) is 3. The van der Waals surface area contributed by atoms with Crippen molar-refractivity contribution in [2.24, 2.45) is 5.10 Å². The van der Waals surface area contributed by atoms with E-state index in [9.17, 15) is 14.7 Å². The van der Waals surface area contributed by atoms with E-state index < -0.39 is 11.9 Å². The summed E-state index contributed by atoms with van der Waals surface area (Å²) in [4.78, 5) is 23.2. The van der Waals surface area contributed by atoms with E-state index in [2.05, 4.69) is 10.5 Å². The minimum absolute atomic E-state index is 0.0272.